The molecule has 4 rings (SSSR count). The second kappa shape index (κ2) is 11.2. The van der Waals surface area contributed by atoms with Gasteiger partial charge in [-0.2, -0.15) is 0 Å². The number of fused-ring (bicyclic) bond motifs is 1. The number of nitrogens with one attached hydrogen (secondary N) is 2. The molecule has 3 heterocycles. The number of hydrogen-bond acceptors (Lipinski definition) is 7. The van der Waals surface area contributed by atoms with Crippen LogP contribution >= 0.6 is 0 Å². The van der Waals surface area contributed by atoms with Gasteiger partial charge in [-0.15, -0.1) is 0 Å². The molecule has 35 heavy (non-hydrogen) atoms. The highest BCUT2D eigenvalue weighted by molar-refractivity contribution is 6.05. The summed E-state index contributed by atoms with van der Waals surface area (Å²) < 4.78 is 10.9. The van der Waals surface area contributed by atoms with E-state index >= 15 is 0 Å². The fraction of sp³-hybridized carbons (Fsp3) is 0.480. The van der Waals surface area contributed by atoms with Crippen molar-refractivity contribution in [3.63, 3.8) is 0 Å². The maximum Gasteiger partial charge on any atom is 0.289 e. The monoisotopic (exact) mass is 482 g/mol. The number of rotatable bonds is 11. The Morgan fingerprint density at radius 3 is 2.80 bits per heavy atom. The number of imide groups is 1. The second-order valence-electron chi connectivity index (χ2n) is 8.77. The van der Waals surface area contributed by atoms with Crippen LogP contribution in [0.15, 0.2) is 28.8 Å². The number of ether oxygens (including phenoxy) is 1. The maximum atomic E-state index is 12.7. The lowest BCUT2D eigenvalue weighted by molar-refractivity contribution is -0.136. The highest BCUT2D eigenvalue weighted by Gasteiger charge is 2.39. The third kappa shape index (κ3) is 5.87. The average molecular weight is 483 g/mol. The first-order valence-electron chi connectivity index (χ1n) is 12.1. The zero-order valence-electron chi connectivity index (χ0n) is 19.8. The predicted octanol–water partition coefficient (Wildman–Crippen LogP) is 2.37. The molecule has 1 aromatic carbocycles. The van der Waals surface area contributed by atoms with Crippen LogP contribution in [0.1, 0.15) is 77.6 Å². The third-order valence-electron chi connectivity index (χ3n) is 6.27. The van der Waals surface area contributed by atoms with Gasteiger partial charge in [0.05, 0.1) is 12.3 Å². The van der Waals surface area contributed by atoms with Crippen molar-refractivity contribution >= 4 is 23.6 Å². The van der Waals surface area contributed by atoms with E-state index in [0.29, 0.717) is 37.4 Å². The molecule has 0 aliphatic carbocycles. The molecule has 2 N–H and O–H groups in total. The second-order valence-corrected chi connectivity index (χ2v) is 8.77. The van der Waals surface area contributed by atoms with Gasteiger partial charge in [0.25, 0.3) is 11.8 Å². The van der Waals surface area contributed by atoms with Gasteiger partial charge in [-0.05, 0) is 49.4 Å². The van der Waals surface area contributed by atoms with Gasteiger partial charge in [-0.1, -0.05) is 24.9 Å². The number of benzene rings is 1. The van der Waals surface area contributed by atoms with Crippen LogP contribution in [-0.2, 0) is 22.6 Å². The quantitative estimate of drug-likeness (QED) is 0.371. The smallest absolute Gasteiger partial charge is 0.289 e. The van der Waals surface area contributed by atoms with Crippen LogP contribution in [0.25, 0.3) is 0 Å². The van der Waals surface area contributed by atoms with Crippen molar-refractivity contribution < 1.29 is 28.4 Å². The van der Waals surface area contributed by atoms with E-state index in [9.17, 15) is 19.2 Å². The van der Waals surface area contributed by atoms with Crippen LogP contribution in [0.3, 0.4) is 0 Å². The molecular weight excluding hydrogens is 452 g/mol. The summed E-state index contributed by atoms with van der Waals surface area (Å²) >= 11 is 0. The molecule has 1 aromatic heterocycles. The van der Waals surface area contributed by atoms with Gasteiger partial charge >= 0.3 is 0 Å². The summed E-state index contributed by atoms with van der Waals surface area (Å²) in [5.74, 6) is -0.220. The zero-order valence-corrected chi connectivity index (χ0v) is 19.8. The number of aryl methyl sites for hydroxylation is 1. The van der Waals surface area contributed by atoms with Crippen molar-refractivity contribution in [3.8, 4) is 5.75 Å². The molecule has 1 fully saturated rings. The lowest BCUT2D eigenvalue weighted by Crippen LogP contribution is -2.52. The van der Waals surface area contributed by atoms with Crippen LogP contribution in [0, 0.1) is 0 Å². The van der Waals surface area contributed by atoms with Crippen molar-refractivity contribution in [2.75, 3.05) is 13.2 Å². The molecule has 1 unspecified atom stereocenters. The Balaban J connectivity index is 1.14. The molecule has 1 saturated heterocycles. The number of carbonyl (C=O) groups is 4. The third-order valence-corrected chi connectivity index (χ3v) is 6.27. The molecule has 0 bridgehead atoms. The van der Waals surface area contributed by atoms with E-state index in [1.165, 1.54) is 4.90 Å². The summed E-state index contributed by atoms with van der Waals surface area (Å²) in [6.07, 6.45) is 4.95. The summed E-state index contributed by atoms with van der Waals surface area (Å²) in [7, 11) is 0. The molecular formula is C25H30N4O6. The number of piperidine rings is 1. The fourth-order valence-electron chi connectivity index (χ4n) is 4.29. The Hall–Kier alpha value is -3.69. The first-order valence-corrected chi connectivity index (χ1v) is 12.1. The number of hydrogen-bond donors (Lipinski definition) is 2. The Kier molecular flexibility index (Phi) is 7.79. The van der Waals surface area contributed by atoms with Crippen molar-refractivity contribution in [1.29, 1.82) is 0 Å². The topological polar surface area (TPSA) is 131 Å². The Bertz CT molecular complexity index is 1110. The molecule has 4 amide bonds. The molecule has 10 nitrogen and oxygen atoms in total. The van der Waals surface area contributed by atoms with E-state index < -0.39 is 11.9 Å². The SMILES string of the molecule is CCc1cc(C(=O)NCCCCCCOc2ccc3c(c2)CN(C2CCC(=O)NC2=O)C3=O)on1. The maximum absolute atomic E-state index is 12.7. The van der Waals surface area contributed by atoms with Crippen LogP contribution in [0.5, 0.6) is 5.75 Å². The van der Waals surface area contributed by atoms with Gasteiger partial charge in [-0.3, -0.25) is 24.5 Å². The highest BCUT2D eigenvalue weighted by atomic mass is 16.5. The van der Waals surface area contributed by atoms with E-state index in [2.05, 4.69) is 15.8 Å². The fourth-order valence-corrected chi connectivity index (χ4v) is 4.29. The van der Waals surface area contributed by atoms with Crippen LogP contribution in [0.2, 0.25) is 0 Å². The molecule has 1 atom stereocenters. The van der Waals surface area contributed by atoms with E-state index in [4.69, 9.17) is 9.26 Å². The van der Waals surface area contributed by atoms with Crippen molar-refractivity contribution in [2.45, 2.75) is 64.5 Å². The van der Waals surface area contributed by atoms with Gasteiger partial charge < -0.3 is 19.5 Å². The Morgan fingerprint density at radius 1 is 1.20 bits per heavy atom. The minimum atomic E-state index is -0.619. The van der Waals surface area contributed by atoms with Crippen LogP contribution in [-0.4, -0.2) is 52.9 Å². The molecule has 2 aliphatic rings. The van der Waals surface area contributed by atoms with Gasteiger partial charge in [0, 0.05) is 31.1 Å². The Morgan fingerprint density at radius 2 is 2.03 bits per heavy atom. The highest BCUT2D eigenvalue weighted by Crippen LogP contribution is 2.30. The van der Waals surface area contributed by atoms with Gasteiger partial charge in [-0.25, -0.2) is 0 Å². The normalized spacial score (nSPS) is 17.3. The average Bonchev–Trinajstić information content (AvgIpc) is 3.45. The van der Waals surface area contributed by atoms with Gasteiger partial charge in [0.1, 0.15) is 11.8 Å². The molecule has 0 spiro atoms. The van der Waals surface area contributed by atoms with Crippen molar-refractivity contribution in [2.24, 2.45) is 0 Å². The molecule has 0 radical (unpaired) electrons. The number of unbranched alkanes of at least 4 members (excludes halogenated alkanes) is 3. The standard InChI is InChI=1S/C25H30N4O6/c1-2-17-14-21(35-28-17)24(32)26-11-5-3-4-6-12-34-18-7-8-19-16(13-18)15-29(25(19)33)20-9-10-22(30)27-23(20)31/h7-8,13-14,20H,2-6,9-12,15H2,1H3,(H,26,32)(H,27,30,31). The van der Waals surface area contributed by atoms with E-state index in [1.54, 1.807) is 18.2 Å². The van der Waals surface area contributed by atoms with Crippen molar-refractivity contribution in [1.82, 2.24) is 20.7 Å². The number of amides is 4. The van der Waals surface area contributed by atoms with Crippen molar-refractivity contribution in [3.05, 3.63) is 46.8 Å². The largest absolute Gasteiger partial charge is 0.494 e. The first kappa shape index (κ1) is 24.4. The molecule has 10 heteroatoms. The molecule has 0 saturated carbocycles. The Labute approximate surface area is 203 Å². The molecule has 2 aliphatic heterocycles. The number of aromatic nitrogens is 1. The van der Waals surface area contributed by atoms with Gasteiger partial charge in [0.15, 0.2) is 0 Å². The van der Waals surface area contributed by atoms with E-state index in [0.717, 1.165) is 43.4 Å². The summed E-state index contributed by atoms with van der Waals surface area (Å²) in [4.78, 5) is 49.8. The van der Waals surface area contributed by atoms with E-state index in [1.807, 2.05) is 13.0 Å². The lowest BCUT2D eigenvalue weighted by atomic mass is 10.0. The van der Waals surface area contributed by atoms with Crippen LogP contribution in [0.4, 0.5) is 0 Å². The minimum Gasteiger partial charge on any atom is -0.494 e. The lowest BCUT2D eigenvalue weighted by Gasteiger charge is -2.29. The summed E-state index contributed by atoms with van der Waals surface area (Å²) in [6.45, 7) is 3.40. The minimum absolute atomic E-state index is 0.192. The number of nitrogens with zero attached hydrogens (tertiary/aromatic N) is 2. The number of carbonyl (C=O) groups excluding carboxylic acids is 4. The molecule has 186 valence electrons. The van der Waals surface area contributed by atoms with E-state index in [-0.39, 0.29) is 29.9 Å². The first-order chi connectivity index (χ1) is 17.0. The van der Waals surface area contributed by atoms with Crippen LogP contribution < -0.4 is 15.4 Å². The summed E-state index contributed by atoms with van der Waals surface area (Å²) in [6, 6.07) is 6.40. The summed E-state index contributed by atoms with van der Waals surface area (Å²) in [5.41, 5.74) is 2.16. The predicted molar refractivity (Wildman–Crippen MR) is 125 cm³/mol. The molecule has 2 aromatic rings. The van der Waals surface area contributed by atoms with Gasteiger partial charge in [0.2, 0.25) is 17.6 Å². The zero-order chi connectivity index (χ0) is 24.8. The summed E-state index contributed by atoms with van der Waals surface area (Å²) in [5, 5.41) is 8.96.